The average molecular weight is 317 g/mol. The van der Waals surface area contributed by atoms with Crippen molar-refractivity contribution in [3.05, 3.63) is 41.4 Å². The number of hydrogen-bond donors (Lipinski definition) is 0. The van der Waals surface area contributed by atoms with Crippen molar-refractivity contribution in [1.82, 2.24) is 0 Å². The maximum absolute atomic E-state index is 2.53. The van der Waals surface area contributed by atoms with Gasteiger partial charge in [-0.2, -0.15) is 0 Å². The SMILES string of the molecule is CCB(CC)/C(CC)=[C](\c1ccccc1)[Ge]([CH3])([CH3])[CH3]. The van der Waals surface area contributed by atoms with E-state index in [2.05, 4.69) is 68.4 Å². The Kier molecular flexibility index (Phi) is 6.45. The normalized spacial score (nSPS) is 13.2. The molecule has 0 saturated carbocycles. The van der Waals surface area contributed by atoms with Crippen molar-refractivity contribution >= 4 is 24.4 Å². The number of benzene rings is 1. The van der Waals surface area contributed by atoms with Crippen molar-refractivity contribution in [2.75, 3.05) is 0 Å². The molecule has 0 saturated heterocycles. The van der Waals surface area contributed by atoms with Gasteiger partial charge in [-0.25, -0.2) is 0 Å². The summed E-state index contributed by atoms with van der Waals surface area (Å²) in [7, 11) is 0. The molecule has 0 radical (unpaired) electrons. The number of hydrogen-bond acceptors (Lipinski definition) is 0. The van der Waals surface area contributed by atoms with Crippen LogP contribution in [0.25, 0.3) is 4.41 Å². The van der Waals surface area contributed by atoms with Crippen molar-refractivity contribution in [3.63, 3.8) is 0 Å². The van der Waals surface area contributed by atoms with Crippen LogP contribution in [0.3, 0.4) is 0 Å². The van der Waals surface area contributed by atoms with E-state index >= 15 is 0 Å². The van der Waals surface area contributed by atoms with Gasteiger partial charge in [0.1, 0.15) is 0 Å². The minimum atomic E-state index is -1.86. The Labute approximate surface area is 123 Å². The minimum absolute atomic E-state index is 0.769. The van der Waals surface area contributed by atoms with Crippen molar-refractivity contribution in [2.24, 2.45) is 0 Å². The first kappa shape index (κ1) is 16.6. The molecule has 1 rings (SSSR count). The van der Waals surface area contributed by atoms with Crippen molar-refractivity contribution in [1.29, 1.82) is 0 Å². The first-order valence-electron chi connectivity index (χ1n) is 7.74. The van der Waals surface area contributed by atoms with Gasteiger partial charge in [-0.15, -0.1) is 0 Å². The van der Waals surface area contributed by atoms with E-state index < -0.39 is 13.3 Å². The van der Waals surface area contributed by atoms with E-state index in [4.69, 9.17) is 0 Å². The van der Waals surface area contributed by atoms with Gasteiger partial charge >= 0.3 is 123 Å². The summed E-state index contributed by atoms with van der Waals surface area (Å²) in [5, 5.41) is 0. The van der Waals surface area contributed by atoms with Gasteiger partial charge in [0.25, 0.3) is 0 Å². The Morgan fingerprint density at radius 1 is 0.947 bits per heavy atom. The predicted octanol–water partition coefficient (Wildman–Crippen LogP) is 5.80. The Morgan fingerprint density at radius 2 is 1.47 bits per heavy atom. The summed E-state index contributed by atoms with van der Waals surface area (Å²) in [6.07, 6.45) is 3.75. The molecule has 1 aromatic carbocycles. The van der Waals surface area contributed by atoms with Crippen LogP contribution in [-0.4, -0.2) is 20.0 Å². The van der Waals surface area contributed by atoms with Gasteiger partial charge in [0.2, 0.25) is 0 Å². The van der Waals surface area contributed by atoms with Gasteiger partial charge in [0.15, 0.2) is 0 Å². The summed E-state index contributed by atoms with van der Waals surface area (Å²) >= 11 is -1.86. The fourth-order valence-corrected chi connectivity index (χ4v) is 8.14. The third kappa shape index (κ3) is 4.27. The third-order valence-electron chi connectivity index (χ3n) is 3.99. The zero-order valence-corrected chi connectivity index (χ0v) is 15.7. The molecule has 0 nitrogen and oxygen atoms in total. The van der Waals surface area contributed by atoms with Crippen LogP contribution in [0.5, 0.6) is 0 Å². The van der Waals surface area contributed by atoms with Crippen molar-refractivity contribution in [2.45, 2.75) is 57.1 Å². The Hall–Kier alpha value is -0.432. The molecular weight excluding hydrogens is 288 g/mol. The molecule has 104 valence electrons. The summed E-state index contributed by atoms with van der Waals surface area (Å²) in [4.78, 5) is 0. The van der Waals surface area contributed by atoms with Gasteiger partial charge in [0.05, 0.1) is 0 Å². The molecule has 0 aliphatic carbocycles. The van der Waals surface area contributed by atoms with Crippen LogP contribution in [0, 0.1) is 0 Å². The van der Waals surface area contributed by atoms with E-state index in [1.165, 1.54) is 24.6 Å². The third-order valence-corrected chi connectivity index (χ3v) is 8.42. The molecule has 0 spiro atoms. The second-order valence-electron chi connectivity index (χ2n) is 6.38. The average Bonchev–Trinajstić information content (AvgIpc) is 2.38. The zero-order chi connectivity index (χ0) is 14.5. The molecule has 0 heterocycles. The molecular formula is C17H29BGe. The van der Waals surface area contributed by atoms with E-state index in [0.29, 0.717) is 0 Å². The Balaban J connectivity index is 3.45. The van der Waals surface area contributed by atoms with E-state index in [-0.39, 0.29) is 0 Å². The second kappa shape index (κ2) is 7.38. The van der Waals surface area contributed by atoms with E-state index in [1.54, 1.807) is 9.88 Å². The maximum atomic E-state index is 2.53. The van der Waals surface area contributed by atoms with Crippen LogP contribution in [0.1, 0.15) is 32.8 Å². The molecule has 0 aromatic heterocycles. The molecule has 2 heteroatoms. The molecule has 0 atom stereocenters. The standard InChI is InChI=1S/C17H29BGe/c1-7-16(18(8-2)9-3)17(19(4,5)6)15-13-11-10-12-14-15/h10-14H,7-9H2,1-6H3/b17-16+. The topological polar surface area (TPSA) is 0 Å². The molecule has 1 aromatic rings. The van der Waals surface area contributed by atoms with Gasteiger partial charge in [-0.3, -0.25) is 0 Å². The molecule has 19 heavy (non-hydrogen) atoms. The summed E-state index contributed by atoms with van der Waals surface area (Å²) in [5.74, 6) is 7.58. The molecule has 0 bridgehead atoms. The predicted molar refractivity (Wildman–Crippen MR) is 93.7 cm³/mol. The first-order chi connectivity index (χ1) is 8.95. The summed E-state index contributed by atoms with van der Waals surface area (Å²) in [6.45, 7) is 7.78. The first-order valence-corrected chi connectivity index (χ1v) is 15.1. The van der Waals surface area contributed by atoms with Crippen LogP contribution in [-0.2, 0) is 0 Å². The van der Waals surface area contributed by atoms with E-state index in [9.17, 15) is 0 Å². The van der Waals surface area contributed by atoms with E-state index in [1.807, 2.05) is 0 Å². The molecule has 0 fully saturated rings. The molecule has 0 amide bonds. The number of allylic oxidation sites excluding steroid dienone is 1. The van der Waals surface area contributed by atoms with Gasteiger partial charge in [-0.1, -0.05) is 0 Å². The Bertz CT molecular complexity index is 411. The fraction of sp³-hybridized carbons (Fsp3) is 0.529. The van der Waals surface area contributed by atoms with Crippen LogP contribution in [0.2, 0.25) is 29.9 Å². The molecule has 0 N–H and O–H groups in total. The fourth-order valence-electron chi connectivity index (χ4n) is 3.16. The van der Waals surface area contributed by atoms with Crippen molar-refractivity contribution in [3.8, 4) is 0 Å². The zero-order valence-electron chi connectivity index (χ0n) is 13.6. The van der Waals surface area contributed by atoms with Crippen LogP contribution in [0.4, 0.5) is 0 Å². The summed E-state index contributed by atoms with van der Waals surface area (Å²) in [6, 6.07) is 11.1. The quantitative estimate of drug-likeness (QED) is 0.582. The Morgan fingerprint density at radius 3 is 1.84 bits per heavy atom. The summed E-state index contributed by atoms with van der Waals surface area (Å²) < 4.78 is 1.75. The van der Waals surface area contributed by atoms with Crippen LogP contribution >= 0.6 is 0 Å². The molecule has 0 aliphatic rings. The van der Waals surface area contributed by atoms with Crippen LogP contribution < -0.4 is 0 Å². The van der Waals surface area contributed by atoms with Crippen molar-refractivity contribution < 1.29 is 0 Å². The summed E-state index contributed by atoms with van der Waals surface area (Å²) in [5.41, 5.74) is 3.22. The van der Waals surface area contributed by atoms with E-state index in [0.717, 1.165) is 6.71 Å². The van der Waals surface area contributed by atoms with Gasteiger partial charge in [-0.05, 0) is 0 Å². The molecule has 0 unspecified atom stereocenters. The van der Waals surface area contributed by atoms with Gasteiger partial charge in [0, 0.05) is 0 Å². The molecule has 0 aliphatic heterocycles. The van der Waals surface area contributed by atoms with Crippen LogP contribution in [0.15, 0.2) is 35.8 Å². The second-order valence-corrected chi connectivity index (χ2v) is 16.9. The van der Waals surface area contributed by atoms with Gasteiger partial charge < -0.3 is 0 Å². The monoisotopic (exact) mass is 318 g/mol. The number of rotatable bonds is 6.